The second-order valence-corrected chi connectivity index (χ2v) is 4.88. The molecule has 2 unspecified atom stereocenters. The predicted molar refractivity (Wildman–Crippen MR) is 68.7 cm³/mol. The van der Waals surface area contributed by atoms with Crippen LogP contribution in [0.25, 0.3) is 0 Å². The van der Waals surface area contributed by atoms with Crippen LogP contribution in [0.3, 0.4) is 0 Å². The third-order valence-corrected chi connectivity index (χ3v) is 3.20. The van der Waals surface area contributed by atoms with E-state index < -0.39 is 0 Å². The molecule has 0 aromatic carbocycles. The maximum absolute atomic E-state index is 11.8. The van der Waals surface area contributed by atoms with Crippen molar-refractivity contribution in [3.63, 3.8) is 0 Å². The van der Waals surface area contributed by atoms with Gasteiger partial charge in [0.05, 0.1) is 0 Å². The predicted octanol–water partition coefficient (Wildman–Crippen LogP) is 1.44. The van der Waals surface area contributed by atoms with Gasteiger partial charge in [-0.3, -0.25) is 4.79 Å². The fraction of sp³-hybridized carbons (Fsp3) is 0.923. The van der Waals surface area contributed by atoms with Crippen molar-refractivity contribution in [2.75, 3.05) is 19.8 Å². The van der Waals surface area contributed by atoms with Crippen molar-refractivity contribution >= 4 is 5.91 Å². The topological polar surface area (TPSA) is 64.3 Å². The van der Waals surface area contributed by atoms with Gasteiger partial charge in [0.1, 0.15) is 0 Å². The Morgan fingerprint density at radius 2 is 2.24 bits per heavy atom. The summed E-state index contributed by atoms with van der Waals surface area (Å²) in [4.78, 5) is 11.8. The molecule has 1 rings (SSSR count). The smallest absolute Gasteiger partial charge is 0.223 e. The molecular formula is C13H26N2O2. The minimum Gasteiger partial charge on any atom is -0.381 e. The van der Waals surface area contributed by atoms with Crippen molar-refractivity contribution < 1.29 is 9.53 Å². The Morgan fingerprint density at radius 1 is 1.41 bits per heavy atom. The highest BCUT2D eigenvalue weighted by Gasteiger charge is 2.24. The quantitative estimate of drug-likeness (QED) is 0.664. The van der Waals surface area contributed by atoms with Crippen molar-refractivity contribution in [1.82, 2.24) is 5.32 Å². The molecule has 0 aromatic heterocycles. The van der Waals surface area contributed by atoms with Crippen LogP contribution >= 0.6 is 0 Å². The summed E-state index contributed by atoms with van der Waals surface area (Å²) in [6.07, 6.45) is 5.92. The summed E-state index contributed by atoms with van der Waals surface area (Å²) in [6.45, 7) is 4.35. The van der Waals surface area contributed by atoms with Gasteiger partial charge in [0.25, 0.3) is 0 Å². The highest BCUT2D eigenvalue weighted by atomic mass is 16.5. The summed E-state index contributed by atoms with van der Waals surface area (Å²) in [5.41, 5.74) is 5.87. The minimum absolute atomic E-state index is 0.135. The lowest BCUT2D eigenvalue weighted by atomic mass is 9.85. The van der Waals surface area contributed by atoms with Crippen LogP contribution in [0.15, 0.2) is 0 Å². The molecule has 0 aromatic rings. The first-order valence-corrected chi connectivity index (χ1v) is 6.85. The fourth-order valence-electron chi connectivity index (χ4n) is 2.24. The van der Waals surface area contributed by atoms with E-state index in [1.165, 1.54) is 0 Å². The summed E-state index contributed by atoms with van der Waals surface area (Å²) in [5, 5.41) is 2.98. The highest BCUT2D eigenvalue weighted by Crippen LogP contribution is 2.22. The van der Waals surface area contributed by atoms with E-state index in [0.29, 0.717) is 6.54 Å². The standard InChI is InChI=1S/C13H26N2O2/c1-2-8-17-9-4-7-15-13(16)11-5-3-6-12(14)10-11/h11-12H,2-10,14H2,1H3,(H,15,16). The molecule has 3 N–H and O–H groups in total. The van der Waals surface area contributed by atoms with Crippen LogP contribution in [-0.2, 0) is 9.53 Å². The lowest BCUT2D eigenvalue weighted by molar-refractivity contribution is -0.126. The third kappa shape index (κ3) is 6.03. The van der Waals surface area contributed by atoms with E-state index in [1.807, 2.05) is 0 Å². The number of carbonyl (C=O) groups is 1. The Kier molecular flexibility index (Phi) is 7.21. The van der Waals surface area contributed by atoms with Crippen LogP contribution in [-0.4, -0.2) is 31.7 Å². The highest BCUT2D eigenvalue weighted by molar-refractivity contribution is 5.78. The van der Waals surface area contributed by atoms with E-state index in [1.54, 1.807) is 0 Å². The average Bonchev–Trinajstić information content (AvgIpc) is 2.33. The lowest BCUT2D eigenvalue weighted by Gasteiger charge is -2.25. The molecule has 2 atom stereocenters. The zero-order valence-corrected chi connectivity index (χ0v) is 10.9. The Morgan fingerprint density at radius 3 is 2.94 bits per heavy atom. The van der Waals surface area contributed by atoms with Gasteiger partial charge in [-0.2, -0.15) is 0 Å². The monoisotopic (exact) mass is 242 g/mol. The van der Waals surface area contributed by atoms with Crippen molar-refractivity contribution in [3.05, 3.63) is 0 Å². The van der Waals surface area contributed by atoms with Crippen LogP contribution in [0.4, 0.5) is 0 Å². The first kappa shape index (κ1) is 14.5. The molecule has 0 heterocycles. The van der Waals surface area contributed by atoms with Crippen molar-refractivity contribution in [3.8, 4) is 0 Å². The molecule has 17 heavy (non-hydrogen) atoms. The van der Waals surface area contributed by atoms with Gasteiger partial charge in [-0.25, -0.2) is 0 Å². The maximum Gasteiger partial charge on any atom is 0.223 e. The molecule has 1 amide bonds. The van der Waals surface area contributed by atoms with Gasteiger partial charge in [0.15, 0.2) is 0 Å². The number of rotatable bonds is 7. The first-order chi connectivity index (χ1) is 8.24. The molecule has 4 nitrogen and oxygen atoms in total. The van der Waals surface area contributed by atoms with Gasteiger partial charge in [-0.15, -0.1) is 0 Å². The summed E-state index contributed by atoms with van der Waals surface area (Å²) < 4.78 is 5.36. The number of nitrogens with two attached hydrogens (primary N) is 1. The van der Waals surface area contributed by atoms with E-state index in [0.717, 1.165) is 51.7 Å². The molecule has 0 radical (unpaired) electrons. The number of hydrogen-bond acceptors (Lipinski definition) is 3. The zero-order chi connectivity index (χ0) is 12.5. The fourth-order valence-corrected chi connectivity index (χ4v) is 2.24. The summed E-state index contributed by atoms with van der Waals surface area (Å²) in [7, 11) is 0. The molecule has 0 saturated heterocycles. The molecule has 0 bridgehead atoms. The van der Waals surface area contributed by atoms with Gasteiger partial charge >= 0.3 is 0 Å². The Hall–Kier alpha value is -0.610. The van der Waals surface area contributed by atoms with Crippen molar-refractivity contribution in [1.29, 1.82) is 0 Å². The molecule has 100 valence electrons. The SMILES string of the molecule is CCCOCCCNC(=O)C1CCCC(N)C1. The molecule has 1 fully saturated rings. The summed E-state index contributed by atoms with van der Waals surface area (Å²) in [5.74, 6) is 0.311. The van der Waals surface area contributed by atoms with Crippen LogP contribution in [0.5, 0.6) is 0 Å². The molecule has 1 aliphatic carbocycles. The zero-order valence-electron chi connectivity index (χ0n) is 10.9. The van der Waals surface area contributed by atoms with E-state index >= 15 is 0 Å². The number of carbonyl (C=O) groups excluding carboxylic acids is 1. The summed E-state index contributed by atoms with van der Waals surface area (Å²) >= 11 is 0. The van der Waals surface area contributed by atoms with Gasteiger partial charge < -0.3 is 15.8 Å². The molecule has 4 heteroatoms. The van der Waals surface area contributed by atoms with E-state index in [4.69, 9.17) is 10.5 Å². The second kappa shape index (κ2) is 8.48. The van der Waals surface area contributed by atoms with Crippen molar-refractivity contribution in [2.24, 2.45) is 11.7 Å². The first-order valence-electron chi connectivity index (χ1n) is 6.85. The second-order valence-electron chi connectivity index (χ2n) is 4.88. The van der Waals surface area contributed by atoms with Gasteiger partial charge in [0, 0.05) is 31.7 Å². The number of ether oxygens (including phenoxy) is 1. The third-order valence-electron chi connectivity index (χ3n) is 3.20. The molecule has 1 aliphatic rings. The summed E-state index contributed by atoms with van der Waals surface area (Å²) in [6, 6.07) is 0.215. The van der Waals surface area contributed by atoms with Crippen molar-refractivity contribution in [2.45, 2.75) is 51.5 Å². The van der Waals surface area contributed by atoms with Gasteiger partial charge in [-0.05, 0) is 32.1 Å². The Labute approximate surface area is 104 Å². The molecule has 0 aliphatic heterocycles. The minimum atomic E-state index is 0.135. The number of hydrogen-bond donors (Lipinski definition) is 2. The maximum atomic E-state index is 11.8. The largest absolute Gasteiger partial charge is 0.381 e. The number of amides is 1. The van der Waals surface area contributed by atoms with Crippen LogP contribution in [0.1, 0.15) is 45.4 Å². The van der Waals surface area contributed by atoms with E-state index in [-0.39, 0.29) is 17.9 Å². The average molecular weight is 242 g/mol. The normalized spacial score (nSPS) is 24.6. The molecule has 1 saturated carbocycles. The molecular weight excluding hydrogens is 216 g/mol. The van der Waals surface area contributed by atoms with Crippen LogP contribution in [0.2, 0.25) is 0 Å². The van der Waals surface area contributed by atoms with Gasteiger partial charge in [-0.1, -0.05) is 13.3 Å². The van der Waals surface area contributed by atoms with Crippen LogP contribution in [0, 0.1) is 5.92 Å². The lowest BCUT2D eigenvalue weighted by Crippen LogP contribution is -2.38. The van der Waals surface area contributed by atoms with E-state index in [2.05, 4.69) is 12.2 Å². The Balaban J connectivity index is 2.04. The molecule has 0 spiro atoms. The number of nitrogens with one attached hydrogen (secondary N) is 1. The van der Waals surface area contributed by atoms with Crippen LogP contribution < -0.4 is 11.1 Å². The van der Waals surface area contributed by atoms with Gasteiger partial charge in [0.2, 0.25) is 5.91 Å². The Bertz CT molecular complexity index is 221. The van der Waals surface area contributed by atoms with E-state index in [9.17, 15) is 4.79 Å².